The molecule has 29 heavy (non-hydrogen) atoms. The van der Waals surface area contributed by atoms with Gasteiger partial charge in [0.15, 0.2) is 0 Å². The number of carbonyl (C=O) groups is 1. The van der Waals surface area contributed by atoms with E-state index in [4.69, 9.17) is 9.84 Å². The number of benzene rings is 1. The molecule has 0 aromatic heterocycles. The lowest BCUT2D eigenvalue weighted by atomic mass is 10.2. The lowest BCUT2D eigenvalue weighted by Crippen LogP contribution is -2.29. The maximum absolute atomic E-state index is 12.8. The summed E-state index contributed by atoms with van der Waals surface area (Å²) in [7, 11) is 0. The molecule has 0 saturated heterocycles. The first-order valence-corrected chi connectivity index (χ1v) is 8.61. The number of ether oxygens (including phenoxy) is 2. The molecule has 0 radical (unpaired) electrons. The highest BCUT2D eigenvalue weighted by Gasteiger charge is 2.13. The van der Waals surface area contributed by atoms with E-state index in [1.807, 2.05) is 0 Å². The average Bonchev–Trinajstić information content (AvgIpc) is 2.69. The van der Waals surface area contributed by atoms with Gasteiger partial charge in [-0.2, -0.15) is 0 Å². The van der Waals surface area contributed by atoms with Gasteiger partial charge in [-0.1, -0.05) is 30.1 Å². The number of hydrogen-bond acceptors (Lipinski definition) is 6. The molecule has 0 spiro atoms. The van der Waals surface area contributed by atoms with Crippen LogP contribution in [0.3, 0.4) is 0 Å². The van der Waals surface area contributed by atoms with E-state index < -0.39 is 30.9 Å². The predicted octanol–water partition coefficient (Wildman–Crippen LogP) is 1.06. The number of carboxylic acid groups (broad SMARTS) is 1. The fourth-order valence-corrected chi connectivity index (χ4v) is 1.80. The van der Waals surface area contributed by atoms with Crippen LogP contribution in [0.2, 0.25) is 0 Å². The predicted molar refractivity (Wildman–Crippen MR) is 104 cm³/mol. The highest BCUT2D eigenvalue weighted by atomic mass is 19.1. The number of carboxylic acids is 1. The monoisotopic (exact) mass is 406 g/mol. The van der Waals surface area contributed by atoms with Crippen LogP contribution in [0.5, 0.6) is 5.75 Å². The molecule has 0 amide bonds. The number of rotatable bonds is 11. The Morgan fingerprint density at radius 1 is 1.03 bits per heavy atom. The standard InChI is InChI=1S/C21H23FO7/c22-16-9-11-18(12-10-16)29-13-17(23)7-5-3-1-2-4-6-8-19(24)20(25)14-28-15-21(26)27/h2,4-12,17,19-20,23-25H,13-15H2,(H,26,27). The van der Waals surface area contributed by atoms with Gasteiger partial charge in [0, 0.05) is 0 Å². The molecular weight excluding hydrogens is 383 g/mol. The number of hydrogen-bond donors (Lipinski definition) is 4. The van der Waals surface area contributed by atoms with Gasteiger partial charge in [0.05, 0.1) is 6.61 Å². The van der Waals surface area contributed by atoms with Gasteiger partial charge in [-0.25, -0.2) is 9.18 Å². The smallest absolute Gasteiger partial charge is 0.329 e. The fraction of sp³-hybridized carbons (Fsp3) is 0.286. The quantitative estimate of drug-likeness (QED) is 0.321. The van der Waals surface area contributed by atoms with Crippen LogP contribution < -0.4 is 4.74 Å². The Hall–Kier alpha value is -2.96. The summed E-state index contributed by atoms with van der Waals surface area (Å²) in [5.74, 6) is 4.26. The Morgan fingerprint density at radius 3 is 2.41 bits per heavy atom. The average molecular weight is 406 g/mol. The zero-order valence-corrected chi connectivity index (χ0v) is 15.5. The molecule has 3 atom stereocenters. The van der Waals surface area contributed by atoms with E-state index >= 15 is 0 Å². The molecule has 0 aliphatic heterocycles. The third kappa shape index (κ3) is 12.2. The van der Waals surface area contributed by atoms with Crippen molar-refractivity contribution in [3.63, 3.8) is 0 Å². The number of aliphatic hydroxyl groups excluding tert-OH is 3. The van der Waals surface area contributed by atoms with Crippen LogP contribution >= 0.6 is 0 Å². The zero-order chi connectivity index (χ0) is 21.5. The van der Waals surface area contributed by atoms with Gasteiger partial charge in [0.1, 0.15) is 43.1 Å². The van der Waals surface area contributed by atoms with Gasteiger partial charge in [-0.15, -0.1) is 0 Å². The number of halogens is 1. The molecule has 0 aliphatic rings. The van der Waals surface area contributed by atoms with E-state index in [9.17, 15) is 24.5 Å². The van der Waals surface area contributed by atoms with E-state index in [0.717, 1.165) is 0 Å². The molecule has 1 aromatic carbocycles. The molecule has 0 aliphatic carbocycles. The molecule has 0 heterocycles. The van der Waals surface area contributed by atoms with Crippen molar-refractivity contribution in [3.05, 3.63) is 66.5 Å². The fourth-order valence-electron chi connectivity index (χ4n) is 1.80. The third-order valence-corrected chi connectivity index (χ3v) is 3.23. The van der Waals surface area contributed by atoms with Crippen molar-refractivity contribution < 1.29 is 39.1 Å². The second-order valence-electron chi connectivity index (χ2n) is 5.69. The minimum Gasteiger partial charge on any atom is -0.491 e. The van der Waals surface area contributed by atoms with Crippen LogP contribution in [-0.4, -0.2) is 64.5 Å². The summed E-state index contributed by atoms with van der Waals surface area (Å²) in [6.07, 6.45) is 5.35. The molecule has 1 rings (SSSR count). The molecule has 156 valence electrons. The van der Waals surface area contributed by atoms with E-state index in [-0.39, 0.29) is 19.0 Å². The molecule has 1 aromatic rings. The Bertz CT molecular complexity index is 759. The van der Waals surface area contributed by atoms with Crippen molar-refractivity contribution in [3.8, 4) is 17.6 Å². The van der Waals surface area contributed by atoms with Gasteiger partial charge in [-0.3, -0.25) is 0 Å². The van der Waals surface area contributed by atoms with E-state index in [1.165, 1.54) is 60.7 Å². The van der Waals surface area contributed by atoms with Crippen LogP contribution in [0.1, 0.15) is 0 Å². The first-order chi connectivity index (χ1) is 13.9. The van der Waals surface area contributed by atoms with Crippen molar-refractivity contribution in [1.29, 1.82) is 0 Å². The van der Waals surface area contributed by atoms with Crippen LogP contribution in [0.4, 0.5) is 4.39 Å². The Balaban J connectivity index is 2.27. The molecule has 8 heteroatoms. The summed E-state index contributed by atoms with van der Waals surface area (Å²) in [4.78, 5) is 10.3. The van der Waals surface area contributed by atoms with Crippen molar-refractivity contribution in [2.75, 3.05) is 19.8 Å². The van der Waals surface area contributed by atoms with Gasteiger partial charge in [0.2, 0.25) is 0 Å². The van der Waals surface area contributed by atoms with Gasteiger partial charge >= 0.3 is 5.97 Å². The van der Waals surface area contributed by atoms with Crippen LogP contribution in [0, 0.1) is 17.7 Å². The summed E-state index contributed by atoms with van der Waals surface area (Å²) in [6, 6.07) is 5.44. The summed E-state index contributed by atoms with van der Waals surface area (Å²) in [5, 5.41) is 37.3. The van der Waals surface area contributed by atoms with E-state index in [0.29, 0.717) is 5.75 Å². The Labute approximate surface area is 168 Å². The van der Waals surface area contributed by atoms with Gasteiger partial charge < -0.3 is 29.9 Å². The van der Waals surface area contributed by atoms with Crippen LogP contribution in [0.15, 0.2) is 60.7 Å². The summed E-state index contributed by atoms with van der Waals surface area (Å²) in [6.45, 7) is -0.859. The lowest BCUT2D eigenvalue weighted by Gasteiger charge is -2.13. The molecule has 7 nitrogen and oxygen atoms in total. The minimum atomic E-state index is -1.24. The van der Waals surface area contributed by atoms with Gasteiger partial charge in [0.25, 0.3) is 0 Å². The summed E-state index contributed by atoms with van der Waals surface area (Å²) >= 11 is 0. The Kier molecular flexibility index (Phi) is 11.7. The summed E-state index contributed by atoms with van der Waals surface area (Å²) < 4.78 is 22.7. The van der Waals surface area contributed by atoms with Crippen molar-refractivity contribution in [2.45, 2.75) is 18.3 Å². The normalized spacial score (nSPS) is 14.6. The number of allylic oxidation sites excluding steroid dienone is 4. The maximum atomic E-state index is 12.8. The largest absolute Gasteiger partial charge is 0.491 e. The highest BCUT2D eigenvalue weighted by Crippen LogP contribution is 2.11. The van der Waals surface area contributed by atoms with Crippen molar-refractivity contribution in [1.82, 2.24) is 0 Å². The maximum Gasteiger partial charge on any atom is 0.329 e. The number of aliphatic carboxylic acids is 1. The number of aliphatic hydroxyl groups is 3. The third-order valence-electron chi connectivity index (χ3n) is 3.23. The topological polar surface area (TPSA) is 116 Å². The first-order valence-electron chi connectivity index (χ1n) is 8.61. The highest BCUT2D eigenvalue weighted by molar-refractivity contribution is 5.67. The van der Waals surface area contributed by atoms with Crippen molar-refractivity contribution in [2.24, 2.45) is 0 Å². The van der Waals surface area contributed by atoms with Gasteiger partial charge in [-0.05, 0) is 42.5 Å². The molecule has 4 N–H and O–H groups in total. The van der Waals surface area contributed by atoms with Crippen molar-refractivity contribution >= 4 is 5.97 Å². The van der Waals surface area contributed by atoms with E-state index in [2.05, 4.69) is 16.6 Å². The molecule has 3 unspecified atom stereocenters. The molecule has 0 bridgehead atoms. The summed E-state index contributed by atoms with van der Waals surface area (Å²) in [5.41, 5.74) is 0. The minimum absolute atomic E-state index is 0.00121. The zero-order valence-electron chi connectivity index (χ0n) is 15.5. The van der Waals surface area contributed by atoms with E-state index in [1.54, 1.807) is 0 Å². The first kappa shape index (κ1) is 24.1. The van der Waals surface area contributed by atoms with Crippen LogP contribution in [0.25, 0.3) is 0 Å². The lowest BCUT2D eigenvalue weighted by molar-refractivity contribution is -0.143. The molecular formula is C21H23FO7. The SMILES string of the molecule is O=C(O)COCC(O)C(O)C=CC=CC#CC=CC(O)COc1ccc(F)cc1. The Morgan fingerprint density at radius 2 is 1.72 bits per heavy atom. The second-order valence-corrected chi connectivity index (χ2v) is 5.69. The molecule has 0 saturated carbocycles. The second kappa shape index (κ2) is 14.1. The van der Waals surface area contributed by atoms with Crippen LogP contribution in [-0.2, 0) is 9.53 Å². The molecule has 0 fully saturated rings.